The van der Waals surface area contributed by atoms with Gasteiger partial charge >= 0.3 is 0 Å². The van der Waals surface area contributed by atoms with Gasteiger partial charge in [-0.2, -0.15) is 4.31 Å². The summed E-state index contributed by atoms with van der Waals surface area (Å²) >= 11 is 6.22. The summed E-state index contributed by atoms with van der Waals surface area (Å²) in [6, 6.07) is 13.4. The number of aryl methyl sites for hydroxylation is 2. The standard InChI is InChI=1S/C26H28ClN3O6S2/c1-17-6-10-22(18(2)14-17)29-37(32,33)25-15-19(7-9-21(25)27)26(31)28-23-16-20(8-11-24(23)36-3)38(34,35)30-12-4-5-13-30/h6-11,14-16,29H,4-5,12-13H2,1-3H3,(H,28,31). The minimum absolute atomic E-state index is 0.00487. The molecule has 2 N–H and O–H groups in total. The lowest BCUT2D eigenvalue weighted by Gasteiger charge is -2.18. The van der Waals surface area contributed by atoms with Crippen molar-refractivity contribution in [3.63, 3.8) is 0 Å². The Hall–Kier alpha value is -3.12. The van der Waals surface area contributed by atoms with Crippen LogP contribution in [0.15, 0.2) is 64.4 Å². The number of methoxy groups -OCH3 is 1. The van der Waals surface area contributed by atoms with E-state index in [4.69, 9.17) is 16.3 Å². The average Bonchev–Trinajstić information content (AvgIpc) is 3.42. The van der Waals surface area contributed by atoms with Gasteiger partial charge in [0.2, 0.25) is 10.0 Å². The van der Waals surface area contributed by atoms with Crippen LogP contribution in [0.4, 0.5) is 11.4 Å². The maximum absolute atomic E-state index is 13.2. The molecule has 1 aliphatic heterocycles. The predicted molar refractivity (Wildman–Crippen MR) is 147 cm³/mol. The summed E-state index contributed by atoms with van der Waals surface area (Å²) in [5, 5.41) is 2.58. The number of carbonyl (C=O) groups excluding carboxylic acids is 1. The van der Waals surface area contributed by atoms with Crippen molar-refractivity contribution >= 4 is 48.9 Å². The molecule has 0 spiro atoms. The Balaban J connectivity index is 1.63. The van der Waals surface area contributed by atoms with Gasteiger partial charge in [0.05, 0.1) is 28.4 Å². The van der Waals surface area contributed by atoms with Crippen LogP contribution in [-0.2, 0) is 20.0 Å². The SMILES string of the molecule is COc1ccc(S(=O)(=O)N2CCCC2)cc1NC(=O)c1ccc(Cl)c(S(=O)(=O)Nc2ccc(C)cc2C)c1. The first-order chi connectivity index (χ1) is 17.9. The molecule has 9 nitrogen and oxygen atoms in total. The van der Waals surface area contributed by atoms with Gasteiger partial charge in [-0.05, 0) is 74.7 Å². The molecule has 3 aromatic carbocycles. The molecule has 1 aliphatic rings. The first-order valence-electron chi connectivity index (χ1n) is 11.8. The quantitative estimate of drug-likeness (QED) is 0.396. The Kier molecular flexibility index (Phi) is 8.03. The maximum Gasteiger partial charge on any atom is 0.263 e. The van der Waals surface area contributed by atoms with Crippen LogP contribution in [0.25, 0.3) is 0 Å². The second-order valence-corrected chi connectivity index (χ2v) is 13.0. The zero-order chi connectivity index (χ0) is 27.7. The van der Waals surface area contributed by atoms with Crippen LogP contribution in [0.5, 0.6) is 5.75 Å². The van der Waals surface area contributed by atoms with Crippen molar-refractivity contribution < 1.29 is 26.4 Å². The number of nitrogens with one attached hydrogen (secondary N) is 2. The molecule has 0 bridgehead atoms. The van der Waals surface area contributed by atoms with Crippen LogP contribution in [-0.4, -0.2) is 47.2 Å². The van der Waals surface area contributed by atoms with E-state index >= 15 is 0 Å². The molecule has 38 heavy (non-hydrogen) atoms. The number of sulfonamides is 2. The third-order valence-electron chi connectivity index (χ3n) is 6.23. The van der Waals surface area contributed by atoms with Gasteiger partial charge < -0.3 is 10.1 Å². The Morgan fingerprint density at radius 3 is 2.29 bits per heavy atom. The van der Waals surface area contributed by atoms with Crippen LogP contribution >= 0.6 is 11.6 Å². The molecule has 202 valence electrons. The zero-order valence-corrected chi connectivity index (χ0v) is 23.5. The average molecular weight is 578 g/mol. The number of ether oxygens (including phenoxy) is 1. The van der Waals surface area contributed by atoms with Gasteiger partial charge in [0.1, 0.15) is 10.6 Å². The number of hydrogen-bond acceptors (Lipinski definition) is 6. The fourth-order valence-corrected chi connectivity index (χ4v) is 7.40. The highest BCUT2D eigenvalue weighted by molar-refractivity contribution is 7.92. The van der Waals surface area contributed by atoms with Crippen LogP contribution in [0.2, 0.25) is 5.02 Å². The van der Waals surface area contributed by atoms with Crippen LogP contribution in [0, 0.1) is 13.8 Å². The van der Waals surface area contributed by atoms with E-state index in [0.29, 0.717) is 18.8 Å². The highest BCUT2D eigenvalue weighted by atomic mass is 35.5. The van der Waals surface area contributed by atoms with Crippen molar-refractivity contribution in [1.82, 2.24) is 4.31 Å². The first kappa shape index (κ1) is 27.9. The minimum Gasteiger partial charge on any atom is -0.495 e. The number of benzene rings is 3. The monoisotopic (exact) mass is 577 g/mol. The van der Waals surface area contributed by atoms with E-state index in [1.165, 1.54) is 47.8 Å². The molecule has 0 aliphatic carbocycles. The second-order valence-electron chi connectivity index (χ2n) is 9.00. The number of anilines is 2. The van der Waals surface area contributed by atoms with E-state index in [-0.39, 0.29) is 31.8 Å². The van der Waals surface area contributed by atoms with Crippen molar-refractivity contribution in [1.29, 1.82) is 0 Å². The molecule has 0 atom stereocenters. The second kappa shape index (κ2) is 10.9. The molecule has 1 saturated heterocycles. The number of carbonyl (C=O) groups is 1. The largest absolute Gasteiger partial charge is 0.495 e. The zero-order valence-electron chi connectivity index (χ0n) is 21.1. The highest BCUT2D eigenvalue weighted by Gasteiger charge is 2.28. The number of nitrogens with zero attached hydrogens (tertiary/aromatic N) is 1. The van der Waals surface area contributed by atoms with E-state index in [2.05, 4.69) is 10.0 Å². The molecule has 1 fully saturated rings. The third-order valence-corrected chi connectivity index (χ3v) is 9.97. The summed E-state index contributed by atoms with van der Waals surface area (Å²) in [6.45, 7) is 4.56. The smallest absolute Gasteiger partial charge is 0.263 e. The van der Waals surface area contributed by atoms with E-state index in [9.17, 15) is 21.6 Å². The van der Waals surface area contributed by atoms with E-state index in [1.54, 1.807) is 19.1 Å². The summed E-state index contributed by atoms with van der Waals surface area (Å²) in [6.07, 6.45) is 1.58. The van der Waals surface area contributed by atoms with Gasteiger partial charge in [0.15, 0.2) is 0 Å². The number of halogens is 1. The molecule has 12 heteroatoms. The number of amides is 1. The van der Waals surface area contributed by atoms with Gasteiger partial charge in [0, 0.05) is 18.7 Å². The lowest BCUT2D eigenvalue weighted by atomic mass is 10.1. The van der Waals surface area contributed by atoms with Gasteiger partial charge in [0.25, 0.3) is 15.9 Å². The van der Waals surface area contributed by atoms with Gasteiger partial charge in [-0.1, -0.05) is 29.3 Å². The third kappa shape index (κ3) is 5.80. The Morgan fingerprint density at radius 1 is 0.921 bits per heavy atom. The summed E-state index contributed by atoms with van der Waals surface area (Å²) in [4.78, 5) is 12.9. The van der Waals surface area contributed by atoms with Crippen molar-refractivity contribution in [2.24, 2.45) is 0 Å². The van der Waals surface area contributed by atoms with Crippen molar-refractivity contribution in [3.05, 3.63) is 76.3 Å². The van der Waals surface area contributed by atoms with Crippen LogP contribution in [0.1, 0.15) is 34.3 Å². The van der Waals surface area contributed by atoms with Crippen molar-refractivity contribution in [3.8, 4) is 5.75 Å². The molecule has 0 unspecified atom stereocenters. The summed E-state index contributed by atoms with van der Waals surface area (Å²) in [5.74, 6) is -0.421. The molecule has 0 aromatic heterocycles. The summed E-state index contributed by atoms with van der Waals surface area (Å²) in [7, 11) is -6.47. The minimum atomic E-state index is -4.13. The first-order valence-corrected chi connectivity index (χ1v) is 15.1. The fraction of sp³-hybridized carbons (Fsp3) is 0.269. The lowest BCUT2D eigenvalue weighted by Crippen LogP contribution is -2.28. The molecular formula is C26H28ClN3O6S2. The lowest BCUT2D eigenvalue weighted by molar-refractivity contribution is 0.102. The van der Waals surface area contributed by atoms with Crippen LogP contribution < -0.4 is 14.8 Å². The number of hydrogen-bond donors (Lipinski definition) is 2. The molecule has 1 amide bonds. The van der Waals surface area contributed by atoms with E-state index in [1.807, 2.05) is 13.0 Å². The van der Waals surface area contributed by atoms with Gasteiger partial charge in [-0.25, -0.2) is 16.8 Å². The van der Waals surface area contributed by atoms with E-state index < -0.39 is 26.0 Å². The van der Waals surface area contributed by atoms with Crippen molar-refractivity contribution in [2.75, 3.05) is 30.2 Å². The molecule has 4 rings (SSSR count). The fourth-order valence-electron chi connectivity index (χ4n) is 4.20. The Bertz CT molecular complexity index is 1600. The molecule has 1 heterocycles. The van der Waals surface area contributed by atoms with E-state index in [0.717, 1.165) is 24.0 Å². The highest BCUT2D eigenvalue weighted by Crippen LogP contribution is 2.31. The van der Waals surface area contributed by atoms with Gasteiger partial charge in [-0.3, -0.25) is 9.52 Å². The maximum atomic E-state index is 13.2. The summed E-state index contributed by atoms with van der Waals surface area (Å²) < 4.78 is 61.6. The van der Waals surface area contributed by atoms with Crippen molar-refractivity contribution in [2.45, 2.75) is 36.5 Å². The topological polar surface area (TPSA) is 122 Å². The van der Waals surface area contributed by atoms with Gasteiger partial charge in [-0.15, -0.1) is 0 Å². The molecular weight excluding hydrogens is 550 g/mol. The Morgan fingerprint density at radius 2 is 1.63 bits per heavy atom. The van der Waals surface area contributed by atoms with Crippen LogP contribution in [0.3, 0.4) is 0 Å². The predicted octanol–water partition coefficient (Wildman–Crippen LogP) is 4.80. The molecule has 3 aromatic rings. The molecule has 0 radical (unpaired) electrons. The Labute approximate surface area is 227 Å². The molecule has 0 saturated carbocycles. The number of rotatable bonds is 8. The summed E-state index contributed by atoms with van der Waals surface area (Å²) in [5.41, 5.74) is 2.24. The normalized spacial score (nSPS) is 14.3.